The van der Waals surface area contributed by atoms with Gasteiger partial charge in [-0.15, -0.1) is 0 Å². The third kappa shape index (κ3) is 4.33. The number of nitrogens with two attached hydrogens (primary N) is 1. The average Bonchev–Trinajstić information content (AvgIpc) is 2.13. The number of alkyl halides is 3. The summed E-state index contributed by atoms with van der Waals surface area (Å²) in [5.74, 6) is 0. The van der Waals surface area contributed by atoms with Gasteiger partial charge in [-0.2, -0.15) is 26.3 Å². The first-order valence-electron chi connectivity index (χ1n) is 4.54. The highest BCUT2D eigenvalue weighted by molar-refractivity contribution is 7.87. The molecule has 3 N–H and O–H groups in total. The molecular weight excluding hydrogens is 257 g/mol. The Hall–Kier alpha value is -1.12. The largest absolute Gasteiger partial charge is 0.416 e. The molecule has 0 saturated carbocycles. The van der Waals surface area contributed by atoms with Crippen LogP contribution in [-0.4, -0.2) is 8.42 Å². The first kappa shape index (κ1) is 13.9. The molecule has 0 atom stereocenters. The number of aryl methyl sites for hydroxylation is 1. The zero-order chi connectivity index (χ0) is 13.3. The van der Waals surface area contributed by atoms with E-state index in [1.807, 2.05) is 4.72 Å². The Kier molecular flexibility index (Phi) is 3.80. The second-order valence-electron chi connectivity index (χ2n) is 3.51. The van der Waals surface area contributed by atoms with Gasteiger partial charge in [0.1, 0.15) is 0 Å². The zero-order valence-electron chi connectivity index (χ0n) is 8.88. The summed E-state index contributed by atoms with van der Waals surface area (Å²) in [5.41, 5.74) is -0.514. The van der Waals surface area contributed by atoms with Crippen LogP contribution in [0.1, 0.15) is 16.7 Å². The SMILES string of the molecule is Cc1ccc(CNS(N)(=O)=O)cc1C(F)(F)F. The summed E-state index contributed by atoms with van der Waals surface area (Å²) in [5, 5.41) is 4.68. The molecule has 1 aromatic carbocycles. The zero-order valence-corrected chi connectivity index (χ0v) is 9.69. The second kappa shape index (κ2) is 4.63. The first-order chi connectivity index (χ1) is 7.59. The molecule has 0 aromatic heterocycles. The van der Waals surface area contributed by atoms with E-state index in [-0.39, 0.29) is 17.7 Å². The lowest BCUT2D eigenvalue weighted by Gasteiger charge is -2.12. The van der Waals surface area contributed by atoms with Gasteiger partial charge in [0.15, 0.2) is 0 Å². The van der Waals surface area contributed by atoms with Crippen LogP contribution in [0, 0.1) is 6.92 Å². The lowest BCUT2D eigenvalue weighted by Crippen LogP contribution is -2.30. The van der Waals surface area contributed by atoms with Gasteiger partial charge in [-0.05, 0) is 24.1 Å². The van der Waals surface area contributed by atoms with E-state index in [0.717, 1.165) is 6.07 Å². The fourth-order valence-electron chi connectivity index (χ4n) is 1.27. The number of nitrogens with one attached hydrogen (secondary N) is 1. The number of rotatable bonds is 3. The van der Waals surface area contributed by atoms with Crippen molar-refractivity contribution in [1.82, 2.24) is 4.72 Å². The Morgan fingerprint density at radius 1 is 1.35 bits per heavy atom. The number of benzene rings is 1. The van der Waals surface area contributed by atoms with Crippen LogP contribution >= 0.6 is 0 Å². The van der Waals surface area contributed by atoms with Gasteiger partial charge in [-0.3, -0.25) is 0 Å². The summed E-state index contributed by atoms with van der Waals surface area (Å²) in [6, 6.07) is 3.58. The van der Waals surface area contributed by atoms with Crippen molar-refractivity contribution in [3.63, 3.8) is 0 Å². The third-order valence-corrected chi connectivity index (χ3v) is 2.63. The molecule has 17 heavy (non-hydrogen) atoms. The summed E-state index contributed by atoms with van der Waals surface area (Å²) in [6.07, 6.45) is -4.46. The monoisotopic (exact) mass is 268 g/mol. The van der Waals surface area contributed by atoms with Gasteiger partial charge in [0.05, 0.1) is 5.56 Å². The number of hydrogen-bond donors (Lipinski definition) is 2. The Labute approximate surface area is 96.8 Å². The second-order valence-corrected chi connectivity index (χ2v) is 4.89. The Balaban J connectivity index is 2.98. The van der Waals surface area contributed by atoms with Crippen LogP contribution in [-0.2, 0) is 22.9 Å². The maximum absolute atomic E-state index is 12.5. The van der Waals surface area contributed by atoms with Crippen molar-refractivity contribution in [2.75, 3.05) is 0 Å². The smallest absolute Gasteiger partial charge is 0.216 e. The minimum absolute atomic E-state index is 0.0804. The highest BCUT2D eigenvalue weighted by atomic mass is 32.2. The first-order valence-corrected chi connectivity index (χ1v) is 6.08. The van der Waals surface area contributed by atoms with Gasteiger partial charge >= 0.3 is 6.18 Å². The molecular formula is C9H11F3N2O2S. The van der Waals surface area contributed by atoms with Crippen LogP contribution in [0.3, 0.4) is 0 Å². The molecule has 0 unspecified atom stereocenters. The van der Waals surface area contributed by atoms with Crippen molar-refractivity contribution in [2.45, 2.75) is 19.6 Å². The molecule has 0 aliphatic heterocycles. The molecule has 0 bridgehead atoms. The molecule has 0 aliphatic rings. The number of hydrogen-bond acceptors (Lipinski definition) is 2. The Bertz CT molecular complexity index is 511. The van der Waals surface area contributed by atoms with E-state index in [1.54, 1.807) is 0 Å². The van der Waals surface area contributed by atoms with E-state index in [1.165, 1.54) is 19.1 Å². The van der Waals surface area contributed by atoms with Gasteiger partial charge < -0.3 is 0 Å². The molecule has 4 nitrogen and oxygen atoms in total. The Morgan fingerprint density at radius 3 is 2.41 bits per heavy atom. The molecule has 0 fully saturated rings. The lowest BCUT2D eigenvalue weighted by atomic mass is 10.0. The van der Waals surface area contributed by atoms with Gasteiger partial charge in [0.25, 0.3) is 10.2 Å². The normalized spacial score (nSPS) is 12.8. The van der Waals surface area contributed by atoms with Crippen molar-refractivity contribution in [1.29, 1.82) is 0 Å². The van der Waals surface area contributed by atoms with E-state index in [2.05, 4.69) is 5.14 Å². The van der Waals surface area contributed by atoms with Crippen molar-refractivity contribution in [3.05, 3.63) is 34.9 Å². The highest BCUT2D eigenvalue weighted by Crippen LogP contribution is 2.32. The average molecular weight is 268 g/mol. The van der Waals surface area contributed by atoms with E-state index in [4.69, 9.17) is 0 Å². The van der Waals surface area contributed by atoms with Crippen LogP contribution in [0.5, 0.6) is 0 Å². The maximum Gasteiger partial charge on any atom is 0.416 e. The minimum Gasteiger partial charge on any atom is -0.216 e. The van der Waals surface area contributed by atoms with Crippen molar-refractivity contribution >= 4 is 10.2 Å². The van der Waals surface area contributed by atoms with Crippen LogP contribution in [0.25, 0.3) is 0 Å². The lowest BCUT2D eigenvalue weighted by molar-refractivity contribution is -0.138. The standard InChI is InChI=1S/C9H11F3N2O2S/c1-6-2-3-7(5-14-17(13,15)16)4-8(6)9(10,11)12/h2-4,14H,5H2,1H3,(H2,13,15,16). The fourth-order valence-corrected chi connectivity index (χ4v) is 1.64. The van der Waals surface area contributed by atoms with Gasteiger partial charge in [0, 0.05) is 6.54 Å². The summed E-state index contributed by atoms with van der Waals surface area (Å²) in [6.45, 7) is 1.06. The summed E-state index contributed by atoms with van der Waals surface area (Å²) in [4.78, 5) is 0. The molecule has 0 amide bonds. The predicted octanol–water partition coefficient (Wildman–Crippen LogP) is 1.31. The molecule has 96 valence electrons. The molecule has 0 radical (unpaired) electrons. The van der Waals surface area contributed by atoms with Gasteiger partial charge in [-0.25, -0.2) is 5.14 Å². The molecule has 0 spiro atoms. The van der Waals surface area contributed by atoms with Crippen molar-refractivity contribution in [2.24, 2.45) is 5.14 Å². The topological polar surface area (TPSA) is 72.2 Å². The van der Waals surface area contributed by atoms with Crippen LogP contribution in [0.4, 0.5) is 13.2 Å². The third-order valence-electron chi connectivity index (χ3n) is 2.08. The quantitative estimate of drug-likeness (QED) is 0.867. The van der Waals surface area contributed by atoms with Crippen molar-refractivity contribution < 1.29 is 21.6 Å². The highest BCUT2D eigenvalue weighted by Gasteiger charge is 2.32. The molecule has 0 aliphatic carbocycles. The van der Waals surface area contributed by atoms with Crippen molar-refractivity contribution in [3.8, 4) is 0 Å². The summed E-state index contributed by atoms with van der Waals surface area (Å²) < 4.78 is 60.7. The molecule has 0 saturated heterocycles. The summed E-state index contributed by atoms with van der Waals surface area (Å²) >= 11 is 0. The molecule has 1 rings (SSSR count). The fraction of sp³-hybridized carbons (Fsp3) is 0.333. The maximum atomic E-state index is 12.5. The van der Waals surface area contributed by atoms with Crippen LogP contribution < -0.4 is 9.86 Å². The predicted molar refractivity (Wildman–Crippen MR) is 56.1 cm³/mol. The van der Waals surface area contributed by atoms with E-state index in [9.17, 15) is 21.6 Å². The Morgan fingerprint density at radius 2 is 1.94 bits per heavy atom. The molecule has 8 heteroatoms. The number of halogens is 3. The van der Waals surface area contributed by atoms with E-state index in [0.29, 0.717) is 0 Å². The van der Waals surface area contributed by atoms with Crippen LogP contribution in [0.15, 0.2) is 18.2 Å². The van der Waals surface area contributed by atoms with Gasteiger partial charge in [0.2, 0.25) is 0 Å². The summed E-state index contributed by atoms with van der Waals surface area (Å²) in [7, 11) is -3.91. The molecule has 0 heterocycles. The van der Waals surface area contributed by atoms with Crippen LogP contribution in [0.2, 0.25) is 0 Å². The van der Waals surface area contributed by atoms with Gasteiger partial charge in [-0.1, -0.05) is 12.1 Å². The molecule has 1 aromatic rings. The van der Waals surface area contributed by atoms with E-state index < -0.39 is 21.9 Å². The van der Waals surface area contributed by atoms with E-state index >= 15 is 0 Å². The minimum atomic E-state index is -4.46.